The molecule has 1 aromatic rings. The largest absolute Gasteiger partial charge is 0.384 e. The lowest BCUT2D eigenvalue weighted by molar-refractivity contribution is 0.143. The van der Waals surface area contributed by atoms with Gasteiger partial charge in [0.15, 0.2) is 5.82 Å². The summed E-state index contributed by atoms with van der Waals surface area (Å²) >= 11 is 0. The summed E-state index contributed by atoms with van der Waals surface area (Å²) in [6.45, 7) is 2.85. The molecule has 0 amide bonds. The Bertz CT molecular complexity index is 325. The van der Waals surface area contributed by atoms with Gasteiger partial charge < -0.3 is 15.4 Å². The summed E-state index contributed by atoms with van der Waals surface area (Å²) < 4.78 is 5.20. The fourth-order valence-corrected chi connectivity index (χ4v) is 2.15. The number of anilines is 2. The van der Waals surface area contributed by atoms with E-state index in [4.69, 9.17) is 10.5 Å². The molecule has 0 aromatic carbocycles. The molecule has 0 saturated carbocycles. The van der Waals surface area contributed by atoms with Gasteiger partial charge in [0.05, 0.1) is 6.61 Å². The van der Waals surface area contributed by atoms with Crippen LogP contribution in [0.4, 0.5) is 11.6 Å². The lowest BCUT2D eigenvalue weighted by Gasteiger charge is -2.32. The van der Waals surface area contributed by atoms with Crippen LogP contribution in [0.2, 0.25) is 0 Å². The molecular formula is C11H18N4O. The van der Waals surface area contributed by atoms with Crippen molar-refractivity contribution in [2.75, 3.05) is 37.4 Å². The average Bonchev–Trinajstić information content (AvgIpc) is 2.31. The fourth-order valence-electron chi connectivity index (χ4n) is 2.15. The van der Waals surface area contributed by atoms with Crippen molar-refractivity contribution >= 4 is 11.6 Å². The van der Waals surface area contributed by atoms with Crippen LogP contribution in [0.25, 0.3) is 0 Å². The van der Waals surface area contributed by atoms with Gasteiger partial charge in [0.2, 0.25) is 0 Å². The highest BCUT2D eigenvalue weighted by Gasteiger charge is 2.20. The number of aromatic nitrogens is 2. The van der Waals surface area contributed by atoms with Crippen molar-refractivity contribution in [3.05, 3.63) is 12.1 Å². The highest BCUT2D eigenvalue weighted by Crippen LogP contribution is 2.21. The first-order valence-electron chi connectivity index (χ1n) is 5.62. The maximum atomic E-state index is 5.52. The lowest BCUT2D eigenvalue weighted by atomic mass is 9.99. The molecule has 1 saturated heterocycles. The number of rotatable bonds is 3. The van der Waals surface area contributed by atoms with E-state index in [9.17, 15) is 0 Å². The third kappa shape index (κ3) is 2.61. The van der Waals surface area contributed by atoms with Crippen LogP contribution in [0.5, 0.6) is 0 Å². The van der Waals surface area contributed by atoms with Crippen LogP contribution in [0.15, 0.2) is 12.1 Å². The van der Waals surface area contributed by atoms with Crippen molar-refractivity contribution in [3.8, 4) is 0 Å². The van der Waals surface area contributed by atoms with Gasteiger partial charge in [-0.15, -0.1) is 10.2 Å². The zero-order chi connectivity index (χ0) is 11.4. The molecule has 1 fully saturated rings. The minimum absolute atomic E-state index is 0.467. The predicted octanol–water partition coefficient (Wildman–Crippen LogP) is 0.922. The second kappa shape index (κ2) is 5.12. The Labute approximate surface area is 95.6 Å². The molecular weight excluding hydrogens is 204 g/mol. The molecule has 0 radical (unpaired) electrons. The van der Waals surface area contributed by atoms with Crippen molar-refractivity contribution in [2.45, 2.75) is 12.8 Å². The number of nitrogen functional groups attached to an aromatic ring is 1. The third-order valence-corrected chi connectivity index (χ3v) is 2.92. The van der Waals surface area contributed by atoms with Gasteiger partial charge in [0, 0.05) is 20.2 Å². The fraction of sp³-hybridized carbons (Fsp3) is 0.636. The van der Waals surface area contributed by atoms with Gasteiger partial charge in [-0.3, -0.25) is 0 Å². The number of nitrogens with two attached hydrogens (primary N) is 1. The number of hydrogen-bond acceptors (Lipinski definition) is 5. The standard InChI is InChI=1S/C11H18N4O/c1-16-8-9-3-2-6-15(7-9)11-5-4-10(12)13-14-11/h4-5,9H,2-3,6-8H2,1H3,(H2,12,13). The molecule has 1 atom stereocenters. The monoisotopic (exact) mass is 222 g/mol. The average molecular weight is 222 g/mol. The van der Waals surface area contributed by atoms with Gasteiger partial charge in [-0.25, -0.2) is 0 Å². The summed E-state index contributed by atoms with van der Waals surface area (Å²) in [7, 11) is 1.75. The molecule has 1 aliphatic heterocycles. The summed E-state index contributed by atoms with van der Waals surface area (Å²) in [6, 6.07) is 3.72. The minimum atomic E-state index is 0.467. The Balaban J connectivity index is 2.01. The highest BCUT2D eigenvalue weighted by molar-refractivity contribution is 5.41. The van der Waals surface area contributed by atoms with E-state index in [0.29, 0.717) is 11.7 Å². The van der Waals surface area contributed by atoms with E-state index >= 15 is 0 Å². The topological polar surface area (TPSA) is 64.3 Å². The summed E-state index contributed by atoms with van der Waals surface area (Å²) in [6.07, 6.45) is 2.41. The highest BCUT2D eigenvalue weighted by atomic mass is 16.5. The van der Waals surface area contributed by atoms with Crippen LogP contribution in [-0.2, 0) is 4.74 Å². The normalized spacial score (nSPS) is 21.1. The molecule has 5 heteroatoms. The van der Waals surface area contributed by atoms with Crippen molar-refractivity contribution in [2.24, 2.45) is 5.92 Å². The number of piperidine rings is 1. The molecule has 5 nitrogen and oxygen atoms in total. The number of hydrogen-bond donors (Lipinski definition) is 1. The Kier molecular flexibility index (Phi) is 3.56. The number of ether oxygens (including phenoxy) is 1. The quantitative estimate of drug-likeness (QED) is 0.824. The second-order valence-corrected chi connectivity index (χ2v) is 4.23. The van der Waals surface area contributed by atoms with Crippen LogP contribution in [-0.4, -0.2) is 37.0 Å². The Morgan fingerprint density at radius 3 is 3.06 bits per heavy atom. The molecule has 0 aliphatic carbocycles. The molecule has 0 bridgehead atoms. The summed E-state index contributed by atoms with van der Waals surface area (Å²) in [4.78, 5) is 2.25. The molecule has 16 heavy (non-hydrogen) atoms. The van der Waals surface area contributed by atoms with E-state index in [2.05, 4.69) is 15.1 Å². The Morgan fingerprint density at radius 2 is 2.38 bits per heavy atom. The lowest BCUT2D eigenvalue weighted by Crippen LogP contribution is -2.37. The SMILES string of the molecule is COCC1CCCN(c2ccc(N)nn2)C1. The Hall–Kier alpha value is -1.36. The molecule has 1 aliphatic rings. The van der Waals surface area contributed by atoms with Gasteiger partial charge in [0.1, 0.15) is 5.82 Å². The zero-order valence-electron chi connectivity index (χ0n) is 9.59. The first-order valence-corrected chi connectivity index (χ1v) is 5.62. The first-order chi connectivity index (χ1) is 7.79. The molecule has 1 aromatic heterocycles. The van der Waals surface area contributed by atoms with Crippen LogP contribution in [0, 0.1) is 5.92 Å². The van der Waals surface area contributed by atoms with Gasteiger partial charge in [-0.1, -0.05) is 0 Å². The van der Waals surface area contributed by atoms with Crippen molar-refractivity contribution < 1.29 is 4.74 Å². The summed E-state index contributed by atoms with van der Waals surface area (Å²) in [5.41, 5.74) is 5.52. The van der Waals surface area contributed by atoms with Gasteiger partial charge >= 0.3 is 0 Å². The summed E-state index contributed by atoms with van der Waals surface area (Å²) in [5, 5.41) is 7.99. The van der Waals surface area contributed by atoms with E-state index in [-0.39, 0.29) is 0 Å². The summed E-state index contributed by atoms with van der Waals surface area (Å²) in [5.74, 6) is 1.97. The number of methoxy groups -OCH3 is 1. The van der Waals surface area contributed by atoms with Gasteiger partial charge in [-0.2, -0.15) is 0 Å². The molecule has 2 N–H and O–H groups in total. The van der Waals surface area contributed by atoms with Crippen LogP contribution in [0.1, 0.15) is 12.8 Å². The zero-order valence-corrected chi connectivity index (χ0v) is 9.59. The first kappa shape index (κ1) is 11.1. The van der Waals surface area contributed by atoms with Gasteiger partial charge in [-0.05, 0) is 30.9 Å². The maximum Gasteiger partial charge on any atom is 0.151 e. The molecule has 2 rings (SSSR count). The molecule has 88 valence electrons. The van der Waals surface area contributed by atoms with Crippen LogP contribution >= 0.6 is 0 Å². The van der Waals surface area contributed by atoms with Crippen molar-refractivity contribution in [1.82, 2.24) is 10.2 Å². The van der Waals surface area contributed by atoms with E-state index < -0.39 is 0 Å². The smallest absolute Gasteiger partial charge is 0.151 e. The van der Waals surface area contributed by atoms with Crippen molar-refractivity contribution in [1.29, 1.82) is 0 Å². The third-order valence-electron chi connectivity index (χ3n) is 2.92. The van der Waals surface area contributed by atoms with E-state index in [1.807, 2.05) is 6.07 Å². The number of nitrogens with zero attached hydrogens (tertiary/aromatic N) is 3. The molecule has 2 heterocycles. The molecule has 0 spiro atoms. The van der Waals surface area contributed by atoms with Crippen LogP contribution in [0.3, 0.4) is 0 Å². The molecule has 1 unspecified atom stereocenters. The van der Waals surface area contributed by atoms with E-state index in [1.165, 1.54) is 12.8 Å². The maximum absolute atomic E-state index is 5.52. The predicted molar refractivity (Wildman–Crippen MR) is 63.3 cm³/mol. The van der Waals surface area contributed by atoms with Crippen molar-refractivity contribution in [3.63, 3.8) is 0 Å². The van der Waals surface area contributed by atoms with E-state index in [1.54, 1.807) is 13.2 Å². The van der Waals surface area contributed by atoms with Crippen LogP contribution < -0.4 is 10.6 Å². The second-order valence-electron chi connectivity index (χ2n) is 4.23. The van der Waals surface area contributed by atoms with E-state index in [0.717, 1.165) is 25.5 Å². The minimum Gasteiger partial charge on any atom is -0.384 e. The van der Waals surface area contributed by atoms with Gasteiger partial charge in [0.25, 0.3) is 0 Å². The Morgan fingerprint density at radius 1 is 1.50 bits per heavy atom.